The van der Waals surface area contributed by atoms with Gasteiger partial charge in [-0.2, -0.15) is 5.10 Å². The first kappa shape index (κ1) is 25.2. The van der Waals surface area contributed by atoms with Crippen molar-refractivity contribution in [3.63, 3.8) is 0 Å². The molecule has 5 heterocycles. The molecule has 2 saturated heterocycles. The van der Waals surface area contributed by atoms with Crippen LogP contribution in [-0.4, -0.2) is 51.3 Å². The van der Waals surface area contributed by atoms with Crippen LogP contribution in [0.2, 0.25) is 5.02 Å². The second-order valence-corrected chi connectivity index (χ2v) is 11.8. The van der Waals surface area contributed by atoms with Crippen molar-refractivity contribution in [1.82, 2.24) is 25.1 Å². The van der Waals surface area contributed by atoms with Crippen LogP contribution in [0, 0.1) is 12.8 Å². The van der Waals surface area contributed by atoms with Crippen LogP contribution in [0.4, 0.5) is 11.4 Å². The van der Waals surface area contributed by atoms with Gasteiger partial charge in [0.15, 0.2) is 11.5 Å². The minimum absolute atomic E-state index is 0.289. The number of carbonyl (C=O) groups excluding carboxylic acids is 1. The van der Waals surface area contributed by atoms with Crippen LogP contribution in [0.15, 0.2) is 66.2 Å². The van der Waals surface area contributed by atoms with Crippen LogP contribution >= 0.6 is 22.9 Å². The Morgan fingerprint density at radius 2 is 2.05 bits per heavy atom. The summed E-state index contributed by atoms with van der Waals surface area (Å²) >= 11 is 8.31. The number of thiazole rings is 1. The largest absolute Gasteiger partial charge is 0.368 e. The standard InChI is InChI=1S/C30H28ClN7OS/c1-18-4-2-6-29(34-18)38-27(19-7-9-23-28(12-19)40-17-33-23)14-24(36-38)30(39)35-21-8-10-26(22(31)13-21)37-15-20-5-3-11-32-25(20)16-37/h2,4,6-10,12-14,17,20,25,32H,3,5,11,15-16H2,1H3,(H,35,39). The summed E-state index contributed by atoms with van der Waals surface area (Å²) in [6.07, 6.45) is 2.48. The first-order valence-corrected chi connectivity index (χ1v) is 14.7. The smallest absolute Gasteiger partial charge is 0.276 e. The van der Waals surface area contributed by atoms with Crippen molar-refractivity contribution in [3.8, 4) is 17.1 Å². The number of benzene rings is 2. The first-order chi connectivity index (χ1) is 19.5. The number of fused-ring (bicyclic) bond motifs is 2. The molecule has 2 unspecified atom stereocenters. The van der Waals surface area contributed by atoms with E-state index < -0.39 is 0 Å². The SMILES string of the molecule is Cc1cccc(-n2nc(C(=O)Nc3ccc(N4CC5CCCNC5C4)c(Cl)c3)cc2-c2ccc3ncsc3c2)n1. The predicted molar refractivity (Wildman–Crippen MR) is 161 cm³/mol. The molecule has 2 N–H and O–H groups in total. The summed E-state index contributed by atoms with van der Waals surface area (Å²) in [6, 6.07) is 19.9. The average molecular weight is 570 g/mol. The van der Waals surface area contributed by atoms with Crippen LogP contribution in [0.5, 0.6) is 0 Å². The van der Waals surface area contributed by atoms with Crippen molar-refractivity contribution in [3.05, 3.63) is 82.6 Å². The topological polar surface area (TPSA) is 88.0 Å². The Morgan fingerprint density at radius 1 is 1.12 bits per heavy atom. The number of nitrogens with zero attached hydrogens (tertiary/aromatic N) is 5. The number of rotatable bonds is 5. The summed E-state index contributed by atoms with van der Waals surface area (Å²) in [5.41, 5.74) is 7.27. The monoisotopic (exact) mass is 569 g/mol. The number of hydrogen-bond donors (Lipinski definition) is 2. The number of halogens is 1. The molecule has 2 fully saturated rings. The van der Waals surface area contributed by atoms with Crippen LogP contribution in [0.1, 0.15) is 29.0 Å². The summed E-state index contributed by atoms with van der Waals surface area (Å²) in [5, 5.41) is 11.9. The number of hydrogen-bond acceptors (Lipinski definition) is 7. The highest BCUT2D eigenvalue weighted by Crippen LogP contribution is 2.35. The summed E-state index contributed by atoms with van der Waals surface area (Å²) in [7, 11) is 0. The quantitative estimate of drug-likeness (QED) is 0.272. The Labute approximate surface area is 241 Å². The number of nitrogens with one attached hydrogen (secondary N) is 2. The molecular formula is C30H28ClN7OS. The van der Waals surface area contributed by atoms with Gasteiger partial charge in [0.1, 0.15) is 0 Å². The highest BCUT2D eigenvalue weighted by molar-refractivity contribution is 7.16. The Hall–Kier alpha value is -3.79. The molecule has 2 aromatic carbocycles. The predicted octanol–water partition coefficient (Wildman–Crippen LogP) is 5.95. The van der Waals surface area contributed by atoms with Gasteiger partial charge in [-0.3, -0.25) is 4.79 Å². The molecule has 10 heteroatoms. The van der Waals surface area contributed by atoms with Crippen molar-refractivity contribution < 1.29 is 4.79 Å². The lowest BCUT2D eigenvalue weighted by atomic mass is 9.94. The maximum atomic E-state index is 13.4. The Morgan fingerprint density at radius 3 is 2.90 bits per heavy atom. The van der Waals surface area contributed by atoms with Gasteiger partial charge in [0.25, 0.3) is 5.91 Å². The molecule has 0 bridgehead atoms. The van der Waals surface area contributed by atoms with E-state index in [1.165, 1.54) is 12.8 Å². The number of anilines is 2. The van der Waals surface area contributed by atoms with Gasteiger partial charge >= 0.3 is 0 Å². The second-order valence-electron chi connectivity index (χ2n) is 10.5. The van der Waals surface area contributed by atoms with Crippen LogP contribution in [0.3, 0.4) is 0 Å². The van der Waals surface area contributed by atoms with E-state index >= 15 is 0 Å². The van der Waals surface area contributed by atoms with E-state index in [1.807, 2.05) is 61.0 Å². The van der Waals surface area contributed by atoms with E-state index in [0.29, 0.717) is 28.5 Å². The number of aromatic nitrogens is 4. The van der Waals surface area contributed by atoms with Gasteiger partial charge < -0.3 is 15.5 Å². The molecule has 2 aliphatic rings. The van der Waals surface area contributed by atoms with Crippen LogP contribution in [0.25, 0.3) is 27.3 Å². The number of piperidine rings is 1. The van der Waals surface area contributed by atoms with E-state index in [2.05, 4.69) is 36.7 Å². The highest BCUT2D eigenvalue weighted by atomic mass is 35.5. The molecule has 202 valence electrons. The minimum atomic E-state index is -0.313. The van der Waals surface area contributed by atoms with Gasteiger partial charge in [-0.25, -0.2) is 14.6 Å². The molecule has 0 spiro atoms. The van der Waals surface area contributed by atoms with Gasteiger partial charge in [-0.1, -0.05) is 23.7 Å². The lowest BCUT2D eigenvalue weighted by molar-refractivity contribution is 0.102. The van der Waals surface area contributed by atoms with Crippen molar-refractivity contribution in [1.29, 1.82) is 0 Å². The molecule has 3 aromatic heterocycles. The number of carbonyl (C=O) groups is 1. The Kier molecular flexibility index (Phi) is 6.50. The lowest BCUT2D eigenvalue weighted by Crippen LogP contribution is -2.40. The number of aryl methyl sites for hydroxylation is 1. The van der Waals surface area contributed by atoms with Crippen molar-refractivity contribution in [2.24, 2.45) is 5.92 Å². The van der Waals surface area contributed by atoms with E-state index in [0.717, 1.165) is 52.5 Å². The van der Waals surface area contributed by atoms with Gasteiger partial charge in [-0.05, 0) is 80.8 Å². The fourth-order valence-corrected chi connectivity index (χ4v) is 6.83. The third-order valence-electron chi connectivity index (χ3n) is 7.81. The van der Waals surface area contributed by atoms with Crippen LogP contribution < -0.4 is 15.5 Å². The fourth-order valence-electron chi connectivity index (χ4n) is 5.81. The zero-order valence-corrected chi connectivity index (χ0v) is 23.5. The summed E-state index contributed by atoms with van der Waals surface area (Å²) in [4.78, 5) is 24.8. The van der Waals surface area contributed by atoms with E-state index in [4.69, 9.17) is 11.6 Å². The maximum Gasteiger partial charge on any atom is 0.276 e. The number of amides is 1. The van der Waals surface area contributed by atoms with Crippen molar-refractivity contribution in [2.45, 2.75) is 25.8 Å². The molecule has 7 rings (SSSR count). The normalized spacial score (nSPS) is 18.7. The summed E-state index contributed by atoms with van der Waals surface area (Å²) < 4.78 is 2.79. The fraction of sp³-hybridized carbons (Fsp3) is 0.267. The molecule has 40 heavy (non-hydrogen) atoms. The maximum absolute atomic E-state index is 13.4. The molecule has 2 aliphatic heterocycles. The van der Waals surface area contributed by atoms with Gasteiger partial charge in [-0.15, -0.1) is 11.3 Å². The lowest BCUT2D eigenvalue weighted by Gasteiger charge is -2.24. The molecule has 8 nitrogen and oxygen atoms in total. The Bertz CT molecular complexity index is 1720. The highest BCUT2D eigenvalue weighted by Gasteiger charge is 2.35. The molecule has 0 saturated carbocycles. The molecule has 0 radical (unpaired) electrons. The molecule has 5 aromatic rings. The van der Waals surface area contributed by atoms with Crippen molar-refractivity contribution >= 4 is 50.4 Å². The second kappa shape index (κ2) is 10.3. The van der Waals surface area contributed by atoms with Gasteiger partial charge in [0.2, 0.25) is 0 Å². The van der Waals surface area contributed by atoms with E-state index in [-0.39, 0.29) is 11.6 Å². The van der Waals surface area contributed by atoms with E-state index in [1.54, 1.807) is 22.1 Å². The minimum Gasteiger partial charge on any atom is -0.368 e. The van der Waals surface area contributed by atoms with Gasteiger partial charge in [0, 0.05) is 36.1 Å². The van der Waals surface area contributed by atoms with Crippen LogP contribution in [-0.2, 0) is 0 Å². The van der Waals surface area contributed by atoms with Crippen molar-refractivity contribution in [2.75, 3.05) is 29.9 Å². The van der Waals surface area contributed by atoms with E-state index in [9.17, 15) is 4.79 Å². The third-order valence-corrected chi connectivity index (χ3v) is 8.90. The average Bonchev–Trinajstić information content (AvgIpc) is 3.70. The molecule has 1 amide bonds. The molecule has 2 atom stereocenters. The third kappa shape index (κ3) is 4.74. The number of pyridine rings is 1. The summed E-state index contributed by atoms with van der Waals surface area (Å²) in [5.74, 6) is 0.992. The zero-order chi connectivity index (χ0) is 27.2. The molecule has 0 aliphatic carbocycles. The Balaban J connectivity index is 1.17. The first-order valence-electron chi connectivity index (χ1n) is 13.5. The van der Waals surface area contributed by atoms with Gasteiger partial charge in [0.05, 0.1) is 32.1 Å². The molecular weight excluding hydrogens is 542 g/mol. The zero-order valence-electron chi connectivity index (χ0n) is 22.0. The summed E-state index contributed by atoms with van der Waals surface area (Å²) in [6.45, 7) is 4.98.